The number of tetrazole rings is 1. The zero-order valence-electron chi connectivity index (χ0n) is 10.5. The summed E-state index contributed by atoms with van der Waals surface area (Å²) in [6.45, 7) is 2.17. The predicted octanol–water partition coefficient (Wildman–Crippen LogP) is 1.95. The van der Waals surface area contributed by atoms with Crippen molar-refractivity contribution in [3.05, 3.63) is 35.7 Å². The number of ether oxygens (including phenoxy) is 1. The van der Waals surface area contributed by atoms with Gasteiger partial charge < -0.3 is 10.1 Å². The summed E-state index contributed by atoms with van der Waals surface area (Å²) in [4.78, 5) is 0. The number of hydrogen-bond donors (Lipinski definition) is 2. The van der Waals surface area contributed by atoms with E-state index in [1.54, 1.807) is 6.07 Å². The number of aromatic amines is 1. The molecular weight excluding hydrogens is 275 g/mol. The van der Waals surface area contributed by atoms with Gasteiger partial charge in [0, 0.05) is 6.54 Å². The Kier molecular flexibility index (Phi) is 4.18. The van der Waals surface area contributed by atoms with Crippen LogP contribution in [0.2, 0.25) is 0 Å². The second kappa shape index (κ2) is 5.87. The molecule has 2 rings (SSSR count). The minimum Gasteiger partial charge on any atom is -0.406 e. The highest BCUT2D eigenvalue weighted by Gasteiger charge is 2.31. The SMILES string of the molecule is CC(NCc1cccc(OC(F)(F)F)c1)c1nn[nH]n1. The molecule has 1 aromatic carbocycles. The van der Waals surface area contributed by atoms with Gasteiger partial charge in [0.2, 0.25) is 0 Å². The molecule has 1 atom stereocenters. The number of nitrogens with zero attached hydrogens (tertiary/aromatic N) is 3. The molecule has 0 aliphatic heterocycles. The number of nitrogens with one attached hydrogen (secondary N) is 2. The van der Waals surface area contributed by atoms with Crippen molar-refractivity contribution in [3.8, 4) is 5.75 Å². The van der Waals surface area contributed by atoms with Gasteiger partial charge in [-0.1, -0.05) is 17.3 Å². The van der Waals surface area contributed by atoms with Crippen molar-refractivity contribution in [3.63, 3.8) is 0 Å². The second-order valence-electron chi connectivity index (χ2n) is 4.07. The molecule has 0 spiro atoms. The molecule has 9 heteroatoms. The maximum Gasteiger partial charge on any atom is 0.573 e. The van der Waals surface area contributed by atoms with Crippen LogP contribution in [0.15, 0.2) is 24.3 Å². The summed E-state index contributed by atoms with van der Waals surface area (Å²) in [5, 5.41) is 16.5. The Morgan fingerprint density at radius 3 is 2.85 bits per heavy atom. The molecule has 2 aromatic rings. The van der Waals surface area contributed by atoms with Crippen LogP contribution >= 0.6 is 0 Å². The van der Waals surface area contributed by atoms with Crippen LogP contribution in [0.3, 0.4) is 0 Å². The molecule has 1 unspecified atom stereocenters. The lowest BCUT2D eigenvalue weighted by atomic mass is 10.2. The van der Waals surface area contributed by atoms with E-state index in [2.05, 4.69) is 30.7 Å². The summed E-state index contributed by atoms with van der Waals surface area (Å²) < 4.78 is 40.2. The van der Waals surface area contributed by atoms with E-state index in [1.807, 2.05) is 6.92 Å². The summed E-state index contributed by atoms with van der Waals surface area (Å²) >= 11 is 0. The molecule has 6 nitrogen and oxygen atoms in total. The van der Waals surface area contributed by atoms with E-state index in [-0.39, 0.29) is 11.8 Å². The van der Waals surface area contributed by atoms with Gasteiger partial charge in [0.25, 0.3) is 0 Å². The van der Waals surface area contributed by atoms with Crippen molar-refractivity contribution in [2.45, 2.75) is 25.9 Å². The first-order valence-electron chi connectivity index (χ1n) is 5.75. The Hall–Kier alpha value is -2.16. The molecule has 0 radical (unpaired) electrons. The highest BCUT2D eigenvalue weighted by Crippen LogP contribution is 2.23. The summed E-state index contributed by atoms with van der Waals surface area (Å²) in [6, 6.07) is 5.58. The molecule has 0 aliphatic carbocycles. The Bertz CT molecular complexity index is 543. The average molecular weight is 287 g/mol. The molecule has 0 fully saturated rings. The van der Waals surface area contributed by atoms with Gasteiger partial charge in [-0.25, -0.2) is 0 Å². The molecular formula is C11H12F3N5O. The van der Waals surface area contributed by atoms with Crippen molar-refractivity contribution in [2.24, 2.45) is 0 Å². The Morgan fingerprint density at radius 2 is 2.20 bits per heavy atom. The fourth-order valence-corrected chi connectivity index (χ4v) is 1.57. The predicted molar refractivity (Wildman–Crippen MR) is 62.6 cm³/mol. The van der Waals surface area contributed by atoms with Crippen LogP contribution in [0.4, 0.5) is 13.2 Å². The summed E-state index contributed by atoms with van der Waals surface area (Å²) in [5.74, 6) is 0.233. The summed E-state index contributed by atoms with van der Waals surface area (Å²) in [7, 11) is 0. The van der Waals surface area contributed by atoms with Gasteiger partial charge in [-0.15, -0.1) is 23.4 Å². The van der Waals surface area contributed by atoms with Crippen LogP contribution in [-0.4, -0.2) is 27.0 Å². The maximum atomic E-state index is 12.1. The molecule has 20 heavy (non-hydrogen) atoms. The standard InChI is InChI=1S/C11H12F3N5O/c1-7(10-16-18-19-17-10)15-6-8-3-2-4-9(5-8)20-11(12,13)14/h2-5,7,15H,6H2,1H3,(H,16,17,18,19). The average Bonchev–Trinajstić information content (AvgIpc) is 2.88. The van der Waals surface area contributed by atoms with E-state index in [4.69, 9.17) is 0 Å². The van der Waals surface area contributed by atoms with Gasteiger partial charge in [0.05, 0.1) is 6.04 Å². The van der Waals surface area contributed by atoms with Gasteiger partial charge in [-0.2, -0.15) is 5.21 Å². The summed E-state index contributed by atoms with van der Waals surface area (Å²) in [6.07, 6.45) is -4.69. The van der Waals surface area contributed by atoms with Gasteiger partial charge in [-0.3, -0.25) is 0 Å². The van der Waals surface area contributed by atoms with E-state index in [9.17, 15) is 13.2 Å². The number of halogens is 3. The van der Waals surface area contributed by atoms with Crippen molar-refractivity contribution < 1.29 is 17.9 Å². The van der Waals surface area contributed by atoms with E-state index < -0.39 is 6.36 Å². The lowest BCUT2D eigenvalue weighted by Gasteiger charge is -2.12. The topological polar surface area (TPSA) is 75.7 Å². The van der Waals surface area contributed by atoms with Crippen molar-refractivity contribution in [1.82, 2.24) is 25.9 Å². The van der Waals surface area contributed by atoms with Gasteiger partial charge in [-0.05, 0) is 24.6 Å². The minimum atomic E-state index is -4.69. The number of aromatic nitrogens is 4. The zero-order chi connectivity index (χ0) is 14.6. The van der Waals surface area contributed by atoms with E-state index in [1.165, 1.54) is 18.2 Å². The molecule has 1 aromatic heterocycles. The largest absolute Gasteiger partial charge is 0.573 e. The van der Waals surface area contributed by atoms with E-state index >= 15 is 0 Å². The van der Waals surface area contributed by atoms with E-state index in [0.717, 1.165) is 0 Å². The first-order valence-corrected chi connectivity index (χ1v) is 5.75. The molecule has 108 valence electrons. The van der Waals surface area contributed by atoms with E-state index in [0.29, 0.717) is 17.9 Å². The molecule has 1 heterocycles. The monoisotopic (exact) mass is 287 g/mol. The lowest BCUT2D eigenvalue weighted by Crippen LogP contribution is -2.20. The lowest BCUT2D eigenvalue weighted by molar-refractivity contribution is -0.274. The third-order valence-corrected chi connectivity index (χ3v) is 2.49. The highest BCUT2D eigenvalue weighted by atomic mass is 19.4. The molecule has 0 aliphatic rings. The number of rotatable bonds is 5. The zero-order valence-corrected chi connectivity index (χ0v) is 10.5. The third-order valence-electron chi connectivity index (χ3n) is 2.49. The highest BCUT2D eigenvalue weighted by molar-refractivity contribution is 5.28. The number of alkyl halides is 3. The molecule has 0 bridgehead atoms. The summed E-state index contributed by atoms with van der Waals surface area (Å²) in [5.41, 5.74) is 0.655. The van der Waals surface area contributed by atoms with Crippen LogP contribution in [0.5, 0.6) is 5.75 Å². The van der Waals surface area contributed by atoms with Gasteiger partial charge in [0.15, 0.2) is 5.82 Å². The third kappa shape index (κ3) is 4.19. The Labute approximate surface area is 112 Å². The van der Waals surface area contributed by atoms with Gasteiger partial charge >= 0.3 is 6.36 Å². The Balaban J connectivity index is 1.94. The number of H-pyrrole nitrogens is 1. The smallest absolute Gasteiger partial charge is 0.406 e. The quantitative estimate of drug-likeness (QED) is 0.879. The van der Waals surface area contributed by atoms with Crippen LogP contribution in [-0.2, 0) is 6.54 Å². The first kappa shape index (κ1) is 14.3. The molecule has 2 N–H and O–H groups in total. The Morgan fingerprint density at radius 1 is 1.40 bits per heavy atom. The number of benzene rings is 1. The fourth-order valence-electron chi connectivity index (χ4n) is 1.57. The molecule has 0 amide bonds. The molecule has 0 saturated heterocycles. The van der Waals surface area contributed by atoms with Crippen molar-refractivity contribution in [1.29, 1.82) is 0 Å². The van der Waals surface area contributed by atoms with Crippen LogP contribution in [0.25, 0.3) is 0 Å². The van der Waals surface area contributed by atoms with Crippen molar-refractivity contribution in [2.75, 3.05) is 0 Å². The normalized spacial score (nSPS) is 13.2. The van der Waals surface area contributed by atoms with Crippen LogP contribution < -0.4 is 10.1 Å². The van der Waals surface area contributed by atoms with Crippen molar-refractivity contribution >= 4 is 0 Å². The van der Waals surface area contributed by atoms with Gasteiger partial charge in [0.1, 0.15) is 5.75 Å². The van der Waals surface area contributed by atoms with Crippen LogP contribution in [0.1, 0.15) is 24.4 Å². The molecule has 0 saturated carbocycles. The minimum absolute atomic E-state index is 0.180. The van der Waals surface area contributed by atoms with Crippen LogP contribution in [0, 0.1) is 0 Å². The first-order chi connectivity index (χ1) is 9.44. The number of hydrogen-bond acceptors (Lipinski definition) is 5. The fraction of sp³-hybridized carbons (Fsp3) is 0.364. The maximum absolute atomic E-state index is 12.1. The second-order valence-corrected chi connectivity index (χ2v) is 4.07.